The van der Waals surface area contributed by atoms with E-state index in [1.165, 1.54) is 17.4 Å². The summed E-state index contributed by atoms with van der Waals surface area (Å²) in [6.07, 6.45) is 0. The number of fused-ring (bicyclic) bond motifs is 3. The Balaban J connectivity index is 1.69. The molecule has 4 aromatic rings. The van der Waals surface area contributed by atoms with E-state index >= 15 is 0 Å². The minimum atomic E-state index is -0.275. The lowest BCUT2D eigenvalue weighted by Gasteiger charge is -2.02. The summed E-state index contributed by atoms with van der Waals surface area (Å²) in [5.41, 5.74) is 4.02. The number of carbonyl (C=O) groups is 1. The Morgan fingerprint density at radius 3 is 2.70 bits per heavy atom. The third-order valence-corrected chi connectivity index (χ3v) is 5.99. The molecule has 23 heavy (non-hydrogen) atoms. The van der Waals surface area contributed by atoms with Crippen LogP contribution in [0.2, 0.25) is 10.0 Å². The number of hydrogen-bond acceptors (Lipinski definition) is 5. The summed E-state index contributed by atoms with van der Waals surface area (Å²) in [7, 11) is 0. The van der Waals surface area contributed by atoms with Gasteiger partial charge in [0.25, 0.3) is 5.91 Å². The van der Waals surface area contributed by atoms with Crippen LogP contribution < -0.4 is 5.32 Å². The summed E-state index contributed by atoms with van der Waals surface area (Å²) in [4.78, 5) is 21.1. The number of anilines is 1. The van der Waals surface area contributed by atoms with Crippen LogP contribution in [0.15, 0.2) is 35.8 Å². The maximum Gasteiger partial charge on any atom is 0.257 e. The first-order chi connectivity index (χ1) is 11.1. The molecule has 8 heteroatoms. The fraction of sp³-hybridized carbons (Fsp3) is 0. The van der Waals surface area contributed by atoms with Gasteiger partial charge in [0.1, 0.15) is 0 Å². The number of thiazole rings is 2. The predicted octanol–water partition coefficient (Wildman–Crippen LogP) is 5.47. The van der Waals surface area contributed by atoms with Gasteiger partial charge in [-0.2, -0.15) is 0 Å². The van der Waals surface area contributed by atoms with E-state index in [0.29, 0.717) is 20.7 Å². The van der Waals surface area contributed by atoms with Crippen LogP contribution in [-0.2, 0) is 0 Å². The van der Waals surface area contributed by atoms with Crippen LogP contribution in [0.3, 0.4) is 0 Å². The number of aromatic nitrogens is 2. The number of carbonyl (C=O) groups excluding carboxylic acids is 1. The zero-order chi connectivity index (χ0) is 16.0. The Bertz CT molecular complexity index is 1060. The van der Waals surface area contributed by atoms with Crippen molar-refractivity contribution in [1.29, 1.82) is 0 Å². The molecule has 0 bridgehead atoms. The number of nitrogens with one attached hydrogen (secondary N) is 1. The van der Waals surface area contributed by atoms with Crippen molar-refractivity contribution in [3.8, 4) is 0 Å². The fourth-order valence-corrected chi connectivity index (χ4v) is 4.36. The van der Waals surface area contributed by atoms with Crippen LogP contribution in [-0.4, -0.2) is 15.9 Å². The quantitative estimate of drug-likeness (QED) is 0.502. The smallest absolute Gasteiger partial charge is 0.257 e. The Hall–Kier alpha value is -1.73. The monoisotopic (exact) mass is 379 g/mol. The second-order valence-electron chi connectivity index (χ2n) is 4.72. The summed E-state index contributed by atoms with van der Waals surface area (Å²) in [5.74, 6) is -0.275. The molecule has 4 rings (SSSR count). The number of amides is 1. The molecule has 0 aliphatic heterocycles. The van der Waals surface area contributed by atoms with Crippen LogP contribution >= 0.6 is 45.9 Å². The highest BCUT2D eigenvalue weighted by Gasteiger charge is 2.13. The van der Waals surface area contributed by atoms with Gasteiger partial charge in [-0.15, -0.1) is 11.3 Å². The molecule has 0 aliphatic rings. The molecule has 2 aromatic heterocycles. The largest absolute Gasteiger partial charge is 0.298 e. The lowest BCUT2D eigenvalue weighted by Crippen LogP contribution is -2.11. The highest BCUT2D eigenvalue weighted by Crippen LogP contribution is 2.34. The van der Waals surface area contributed by atoms with E-state index in [1.54, 1.807) is 29.0 Å². The molecule has 0 saturated carbocycles. The van der Waals surface area contributed by atoms with Gasteiger partial charge < -0.3 is 0 Å². The van der Waals surface area contributed by atoms with Crippen molar-refractivity contribution in [1.82, 2.24) is 9.97 Å². The van der Waals surface area contributed by atoms with Crippen molar-refractivity contribution in [3.63, 3.8) is 0 Å². The average molecular weight is 380 g/mol. The molecule has 0 saturated heterocycles. The van der Waals surface area contributed by atoms with E-state index in [-0.39, 0.29) is 5.91 Å². The summed E-state index contributed by atoms with van der Waals surface area (Å²) in [6.45, 7) is 0. The first kappa shape index (κ1) is 14.8. The molecule has 1 N–H and O–H groups in total. The lowest BCUT2D eigenvalue weighted by atomic mass is 10.2. The van der Waals surface area contributed by atoms with Gasteiger partial charge in [0.2, 0.25) is 0 Å². The molecule has 114 valence electrons. The molecule has 0 atom stereocenters. The minimum absolute atomic E-state index is 0.275. The van der Waals surface area contributed by atoms with E-state index in [1.807, 2.05) is 12.1 Å². The predicted molar refractivity (Wildman–Crippen MR) is 97.2 cm³/mol. The van der Waals surface area contributed by atoms with Crippen molar-refractivity contribution in [2.45, 2.75) is 0 Å². The Morgan fingerprint density at radius 2 is 1.87 bits per heavy atom. The van der Waals surface area contributed by atoms with Crippen LogP contribution in [0.5, 0.6) is 0 Å². The van der Waals surface area contributed by atoms with Gasteiger partial charge >= 0.3 is 0 Å². The van der Waals surface area contributed by atoms with Gasteiger partial charge in [0.15, 0.2) is 5.13 Å². The number of nitrogens with zero attached hydrogens (tertiary/aromatic N) is 2. The Kier molecular flexibility index (Phi) is 3.69. The van der Waals surface area contributed by atoms with Crippen molar-refractivity contribution in [2.24, 2.45) is 0 Å². The molecule has 0 aliphatic carbocycles. The molecule has 0 unspecified atom stereocenters. The second-order valence-corrected chi connectivity index (χ2v) is 7.38. The molecule has 4 nitrogen and oxygen atoms in total. The number of hydrogen-bond donors (Lipinski definition) is 1. The Labute approximate surface area is 148 Å². The maximum atomic E-state index is 12.3. The van der Waals surface area contributed by atoms with Gasteiger partial charge in [-0.1, -0.05) is 34.5 Å². The van der Waals surface area contributed by atoms with Gasteiger partial charge in [0, 0.05) is 5.56 Å². The van der Waals surface area contributed by atoms with Crippen LogP contribution in [0.25, 0.3) is 20.4 Å². The summed E-state index contributed by atoms with van der Waals surface area (Å²) in [5, 5.41) is 4.10. The highest BCUT2D eigenvalue weighted by molar-refractivity contribution is 7.28. The lowest BCUT2D eigenvalue weighted by molar-refractivity contribution is 0.102. The van der Waals surface area contributed by atoms with Crippen molar-refractivity contribution >= 4 is 77.3 Å². The van der Waals surface area contributed by atoms with Crippen molar-refractivity contribution in [3.05, 3.63) is 51.5 Å². The van der Waals surface area contributed by atoms with Gasteiger partial charge in [-0.3, -0.25) is 10.1 Å². The normalized spacial score (nSPS) is 11.2. The van der Waals surface area contributed by atoms with Crippen LogP contribution in [0.1, 0.15) is 10.4 Å². The maximum absolute atomic E-state index is 12.3. The van der Waals surface area contributed by atoms with Gasteiger partial charge in [-0.25, -0.2) is 9.97 Å². The van der Waals surface area contributed by atoms with Crippen LogP contribution in [0, 0.1) is 0 Å². The van der Waals surface area contributed by atoms with Crippen molar-refractivity contribution in [2.75, 3.05) is 5.32 Å². The number of halogens is 2. The molecule has 2 aromatic carbocycles. The third-order valence-electron chi connectivity index (χ3n) is 3.26. The van der Waals surface area contributed by atoms with Gasteiger partial charge in [0.05, 0.1) is 36.0 Å². The molecule has 0 spiro atoms. The molecule has 1 amide bonds. The highest BCUT2D eigenvalue weighted by atomic mass is 35.5. The molecular formula is C15H7Cl2N3OS2. The molecular weight excluding hydrogens is 373 g/mol. The van der Waals surface area contributed by atoms with E-state index < -0.39 is 0 Å². The van der Waals surface area contributed by atoms with E-state index in [9.17, 15) is 4.79 Å². The zero-order valence-electron chi connectivity index (χ0n) is 11.3. The SMILES string of the molecule is O=C(Nc1nc2ccc3ncsc3c2s1)c1ccc(Cl)c(Cl)c1. The number of benzene rings is 2. The number of rotatable bonds is 2. The first-order valence-electron chi connectivity index (χ1n) is 6.51. The minimum Gasteiger partial charge on any atom is -0.298 e. The van der Waals surface area contributed by atoms with E-state index in [2.05, 4.69) is 15.3 Å². The zero-order valence-corrected chi connectivity index (χ0v) is 14.5. The van der Waals surface area contributed by atoms with Gasteiger partial charge in [-0.05, 0) is 30.3 Å². The molecule has 0 fully saturated rings. The Morgan fingerprint density at radius 1 is 1.04 bits per heavy atom. The van der Waals surface area contributed by atoms with Crippen LogP contribution in [0.4, 0.5) is 5.13 Å². The third kappa shape index (κ3) is 2.68. The summed E-state index contributed by atoms with van der Waals surface area (Å²) in [6, 6.07) is 8.59. The van der Waals surface area contributed by atoms with E-state index in [4.69, 9.17) is 23.2 Å². The molecule has 0 radical (unpaired) electrons. The topological polar surface area (TPSA) is 54.9 Å². The standard InChI is InChI=1S/C15H7Cl2N3OS2/c16-8-2-1-7(5-9(8)17)14(21)20-15-19-11-4-3-10-12(13(11)23-15)22-6-18-10/h1-6H,(H,19,20,21). The van der Waals surface area contributed by atoms with Crippen molar-refractivity contribution < 1.29 is 4.79 Å². The first-order valence-corrected chi connectivity index (χ1v) is 8.96. The summed E-state index contributed by atoms with van der Waals surface area (Å²) >= 11 is 14.8. The average Bonchev–Trinajstić information content (AvgIpc) is 3.14. The second kappa shape index (κ2) is 5.72. The fourth-order valence-electron chi connectivity index (χ4n) is 2.17. The summed E-state index contributed by atoms with van der Waals surface area (Å²) < 4.78 is 2.10. The van der Waals surface area contributed by atoms with E-state index in [0.717, 1.165) is 20.4 Å². The molecule has 2 heterocycles.